The van der Waals surface area contributed by atoms with Gasteiger partial charge in [-0.1, -0.05) is 30.3 Å². The quantitative estimate of drug-likeness (QED) is 0.588. The van der Waals surface area contributed by atoms with Gasteiger partial charge in [-0.2, -0.15) is 20.1 Å². The van der Waals surface area contributed by atoms with Crippen LogP contribution in [0.2, 0.25) is 0 Å². The Bertz CT molecular complexity index is 810. The molecule has 1 N–H and O–H groups in total. The molecule has 22 heavy (non-hydrogen) atoms. The van der Waals surface area contributed by atoms with Crippen LogP contribution < -0.4 is 5.43 Å². The number of rotatable bonds is 4. The standard InChI is InChI=1S/C15H12FN5O/c16-12-6-2-1-5-11(12)9-17-18-15(22)10-21-19-13-7-3-4-8-14(13)20-21/h1-9H,10H2,(H,18,22)/b17-9-. The Kier molecular flexibility index (Phi) is 3.86. The van der Waals surface area contributed by atoms with Gasteiger partial charge < -0.3 is 0 Å². The number of amides is 1. The average Bonchev–Trinajstić information content (AvgIpc) is 2.91. The zero-order chi connectivity index (χ0) is 15.4. The molecule has 0 spiro atoms. The molecule has 0 aliphatic heterocycles. The first-order valence-electron chi connectivity index (χ1n) is 6.59. The molecular formula is C15H12FN5O. The van der Waals surface area contributed by atoms with E-state index in [2.05, 4.69) is 20.7 Å². The van der Waals surface area contributed by atoms with Gasteiger partial charge >= 0.3 is 0 Å². The van der Waals surface area contributed by atoms with Crippen LogP contribution in [0.1, 0.15) is 5.56 Å². The van der Waals surface area contributed by atoms with Gasteiger partial charge in [0.05, 0.1) is 6.21 Å². The third-order valence-electron chi connectivity index (χ3n) is 2.91. The van der Waals surface area contributed by atoms with Gasteiger partial charge in [-0.15, -0.1) is 0 Å². The zero-order valence-electron chi connectivity index (χ0n) is 11.5. The third-order valence-corrected chi connectivity index (χ3v) is 2.91. The molecule has 0 radical (unpaired) electrons. The van der Waals surface area contributed by atoms with Crippen molar-refractivity contribution in [3.8, 4) is 0 Å². The first kappa shape index (κ1) is 13.9. The van der Waals surface area contributed by atoms with E-state index >= 15 is 0 Å². The molecule has 0 bridgehead atoms. The van der Waals surface area contributed by atoms with Crippen LogP contribution in [0.25, 0.3) is 11.0 Å². The van der Waals surface area contributed by atoms with Crippen LogP contribution in [0, 0.1) is 5.82 Å². The number of nitrogens with zero attached hydrogens (tertiary/aromatic N) is 4. The highest BCUT2D eigenvalue weighted by Crippen LogP contribution is 2.06. The van der Waals surface area contributed by atoms with Crippen molar-refractivity contribution < 1.29 is 9.18 Å². The summed E-state index contributed by atoms with van der Waals surface area (Å²) in [6.07, 6.45) is 1.25. The summed E-state index contributed by atoms with van der Waals surface area (Å²) in [5, 5.41) is 12.1. The highest BCUT2D eigenvalue weighted by atomic mass is 19.1. The molecule has 3 aromatic rings. The minimum absolute atomic E-state index is 0.0662. The largest absolute Gasteiger partial charge is 0.271 e. The topological polar surface area (TPSA) is 72.2 Å². The summed E-state index contributed by atoms with van der Waals surface area (Å²) >= 11 is 0. The van der Waals surface area contributed by atoms with Crippen molar-refractivity contribution >= 4 is 23.2 Å². The number of carbonyl (C=O) groups excluding carboxylic acids is 1. The van der Waals surface area contributed by atoms with Crippen molar-refractivity contribution in [1.29, 1.82) is 0 Å². The third kappa shape index (κ3) is 3.14. The Balaban J connectivity index is 1.62. The van der Waals surface area contributed by atoms with E-state index in [1.165, 1.54) is 17.1 Å². The molecular weight excluding hydrogens is 285 g/mol. The number of fused-ring (bicyclic) bond motifs is 1. The monoisotopic (exact) mass is 297 g/mol. The van der Waals surface area contributed by atoms with Crippen molar-refractivity contribution in [2.75, 3.05) is 0 Å². The maximum atomic E-state index is 13.4. The van der Waals surface area contributed by atoms with Crippen molar-refractivity contribution in [3.63, 3.8) is 0 Å². The normalized spacial score (nSPS) is 11.1. The molecule has 0 saturated heterocycles. The summed E-state index contributed by atoms with van der Waals surface area (Å²) in [4.78, 5) is 13.0. The maximum absolute atomic E-state index is 13.4. The van der Waals surface area contributed by atoms with Crippen LogP contribution in [-0.4, -0.2) is 27.1 Å². The Morgan fingerprint density at radius 1 is 1.14 bits per heavy atom. The van der Waals surface area contributed by atoms with E-state index < -0.39 is 11.7 Å². The second-order valence-electron chi connectivity index (χ2n) is 4.53. The second kappa shape index (κ2) is 6.13. The fourth-order valence-electron chi connectivity index (χ4n) is 1.89. The number of benzene rings is 2. The van der Waals surface area contributed by atoms with E-state index in [9.17, 15) is 9.18 Å². The Labute approximate surface area is 125 Å². The van der Waals surface area contributed by atoms with Crippen LogP contribution >= 0.6 is 0 Å². The lowest BCUT2D eigenvalue weighted by molar-refractivity contribution is -0.122. The van der Waals surface area contributed by atoms with E-state index in [0.717, 1.165) is 0 Å². The fourth-order valence-corrected chi connectivity index (χ4v) is 1.89. The predicted octanol–water partition coefficient (Wildman–Crippen LogP) is 1.72. The van der Waals surface area contributed by atoms with Crippen molar-refractivity contribution in [1.82, 2.24) is 20.4 Å². The minimum Gasteiger partial charge on any atom is -0.271 e. The summed E-state index contributed by atoms with van der Waals surface area (Å²) in [5.74, 6) is -0.798. The van der Waals surface area contributed by atoms with Gasteiger partial charge in [0.1, 0.15) is 23.4 Å². The number of aromatic nitrogens is 3. The van der Waals surface area contributed by atoms with Crippen LogP contribution in [-0.2, 0) is 11.3 Å². The van der Waals surface area contributed by atoms with Crippen molar-refractivity contribution in [2.24, 2.45) is 5.10 Å². The van der Waals surface area contributed by atoms with Crippen molar-refractivity contribution in [3.05, 3.63) is 59.9 Å². The number of halogens is 1. The van der Waals surface area contributed by atoms with Crippen LogP contribution in [0.15, 0.2) is 53.6 Å². The van der Waals surface area contributed by atoms with E-state index in [1.54, 1.807) is 18.2 Å². The molecule has 110 valence electrons. The first-order chi connectivity index (χ1) is 10.7. The van der Waals surface area contributed by atoms with Crippen LogP contribution in [0.5, 0.6) is 0 Å². The molecule has 0 fully saturated rings. The molecule has 1 heterocycles. The van der Waals surface area contributed by atoms with E-state index in [1.807, 2.05) is 24.3 Å². The molecule has 6 nitrogen and oxygen atoms in total. The molecule has 3 rings (SSSR count). The van der Waals surface area contributed by atoms with Gasteiger partial charge in [-0.3, -0.25) is 4.79 Å². The number of carbonyl (C=O) groups is 1. The lowest BCUT2D eigenvalue weighted by Crippen LogP contribution is -2.24. The maximum Gasteiger partial charge on any atom is 0.263 e. The SMILES string of the molecule is O=C(Cn1nc2ccccc2n1)N/N=C\c1ccccc1F. The van der Waals surface area contributed by atoms with E-state index in [-0.39, 0.29) is 6.54 Å². The molecule has 1 amide bonds. The Hall–Kier alpha value is -3.09. The first-order valence-corrected chi connectivity index (χ1v) is 6.59. The van der Waals surface area contributed by atoms with Gasteiger partial charge in [0.2, 0.25) is 0 Å². The smallest absolute Gasteiger partial charge is 0.263 e. The summed E-state index contributed by atoms with van der Waals surface area (Å²) in [5.41, 5.74) is 4.04. The minimum atomic E-state index is -0.402. The molecule has 0 saturated carbocycles. The van der Waals surface area contributed by atoms with Gasteiger partial charge in [-0.05, 0) is 18.2 Å². The molecule has 0 unspecified atom stereocenters. The summed E-state index contributed by atoms with van der Waals surface area (Å²) < 4.78 is 13.4. The van der Waals surface area contributed by atoms with Crippen molar-refractivity contribution in [2.45, 2.75) is 6.54 Å². The molecule has 0 aliphatic rings. The lowest BCUT2D eigenvalue weighted by atomic mass is 10.2. The number of hydrogen-bond donors (Lipinski definition) is 1. The second-order valence-corrected chi connectivity index (χ2v) is 4.53. The number of nitrogens with one attached hydrogen (secondary N) is 1. The highest BCUT2D eigenvalue weighted by molar-refractivity contribution is 5.82. The van der Waals surface area contributed by atoms with Gasteiger partial charge in [-0.25, -0.2) is 9.82 Å². The average molecular weight is 297 g/mol. The molecule has 0 aliphatic carbocycles. The molecule has 2 aromatic carbocycles. The number of hydrogen-bond acceptors (Lipinski definition) is 4. The van der Waals surface area contributed by atoms with E-state index in [0.29, 0.717) is 16.6 Å². The number of hydrazone groups is 1. The predicted molar refractivity (Wildman–Crippen MR) is 79.7 cm³/mol. The highest BCUT2D eigenvalue weighted by Gasteiger charge is 2.06. The van der Waals surface area contributed by atoms with Gasteiger partial charge in [0.15, 0.2) is 0 Å². The Morgan fingerprint density at radius 3 is 2.45 bits per heavy atom. The Morgan fingerprint density at radius 2 is 1.77 bits per heavy atom. The van der Waals surface area contributed by atoms with Gasteiger partial charge in [0.25, 0.3) is 5.91 Å². The lowest BCUT2D eigenvalue weighted by Gasteiger charge is -1.99. The summed E-state index contributed by atoms with van der Waals surface area (Å²) in [7, 11) is 0. The van der Waals surface area contributed by atoms with Crippen LogP contribution in [0.3, 0.4) is 0 Å². The molecule has 0 atom stereocenters. The fraction of sp³-hybridized carbons (Fsp3) is 0.0667. The summed E-state index contributed by atoms with van der Waals surface area (Å²) in [6.45, 7) is -0.0662. The zero-order valence-corrected chi connectivity index (χ0v) is 11.5. The van der Waals surface area contributed by atoms with Crippen LogP contribution in [0.4, 0.5) is 4.39 Å². The van der Waals surface area contributed by atoms with Gasteiger partial charge in [0, 0.05) is 5.56 Å². The molecule has 1 aromatic heterocycles. The molecule has 7 heteroatoms. The van der Waals surface area contributed by atoms with E-state index in [4.69, 9.17) is 0 Å². The summed E-state index contributed by atoms with van der Waals surface area (Å²) in [6, 6.07) is 13.5.